The van der Waals surface area contributed by atoms with Gasteiger partial charge in [-0.1, -0.05) is 0 Å². The van der Waals surface area contributed by atoms with Crippen molar-refractivity contribution < 1.29 is 4.74 Å². The van der Waals surface area contributed by atoms with Gasteiger partial charge in [-0.2, -0.15) is 10.1 Å². The van der Waals surface area contributed by atoms with Crippen LogP contribution in [0.3, 0.4) is 0 Å². The minimum Gasteiger partial charge on any atom is -0.481 e. The van der Waals surface area contributed by atoms with E-state index in [9.17, 15) is 0 Å². The molecule has 0 spiro atoms. The number of ether oxygens (including phenoxy) is 1. The highest BCUT2D eigenvalue weighted by molar-refractivity contribution is 5.62. The summed E-state index contributed by atoms with van der Waals surface area (Å²) in [5.41, 5.74) is 8.13. The quantitative estimate of drug-likeness (QED) is 0.807. The highest BCUT2D eigenvalue weighted by Crippen LogP contribution is 2.23. The van der Waals surface area contributed by atoms with Gasteiger partial charge < -0.3 is 10.5 Å². The molecule has 2 heterocycles. The molecule has 0 unspecified atom stereocenters. The Hall–Kier alpha value is -2.11. The van der Waals surface area contributed by atoms with E-state index in [4.69, 9.17) is 10.5 Å². The lowest BCUT2D eigenvalue weighted by molar-refractivity contribution is 0.398. The molecular formula is C10H13N5O. The van der Waals surface area contributed by atoms with Crippen molar-refractivity contribution in [1.29, 1.82) is 0 Å². The first kappa shape index (κ1) is 10.4. The molecule has 6 heteroatoms. The fraction of sp³-hybridized carbons (Fsp3) is 0.300. The molecule has 0 aliphatic heterocycles. The first-order valence-electron chi connectivity index (χ1n) is 4.79. The van der Waals surface area contributed by atoms with Crippen molar-refractivity contribution in [3.05, 3.63) is 18.0 Å². The fourth-order valence-corrected chi connectivity index (χ4v) is 1.54. The van der Waals surface area contributed by atoms with Crippen molar-refractivity contribution in [3.63, 3.8) is 0 Å². The lowest BCUT2D eigenvalue weighted by atomic mass is 10.2. The second-order valence-corrected chi connectivity index (χ2v) is 3.46. The average Bonchev–Trinajstić information content (AvgIpc) is 2.57. The predicted molar refractivity (Wildman–Crippen MR) is 59.9 cm³/mol. The van der Waals surface area contributed by atoms with Gasteiger partial charge in [0.25, 0.3) is 0 Å². The third kappa shape index (κ3) is 1.81. The summed E-state index contributed by atoms with van der Waals surface area (Å²) in [7, 11) is 3.40. The third-order valence-electron chi connectivity index (χ3n) is 2.22. The van der Waals surface area contributed by atoms with Gasteiger partial charge in [-0.3, -0.25) is 4.68 Å². The minimum absolute atomic E-state index is 0.192. The number of aryl methyl sites for hydroxylation is 2. The van der Waals surface area contributed by atoms with E-state index < -0.39 is 0 Å². The molecule has 0 fully saturated rings. The van der Waals surface area contributed by atoms with E-state index in [0.29, 0.717) is 5.88 Å². The molecule has 84 valence electrons. The van der Waals surface area contributed by atoms with Crippen molar-refractivity contribution in [2.45, 2.75) is 6.92 Å². The van der Waals surface area contributed by atoms with Crippen LogP contribution in [-0.2, 0) is 7.05 Å². The number of hydrogen-bond donors (Lipinski definition) is 1. The van der Waals surface area contributed by atoms with Crippen LogP contribution in [0, 0.1) is 6.92 Å². The van der Waals surface area contributed by atoms with Gasteiger partial charge in [0, 0.05) is 24.9 Å². The van der Waals surface area contributed by atoms with E-state index in [-0.39, 0.29) is 5.95 Å². The van der Waals surface area contributed by atoms with Crippen LogP contribution in [0.25, 0.3) is 11.3 Å². The Bertz CT molecular complexity index is 520. The molecule has 0 saturated carbocycles. The molecule has 0 saturated heterocycles. The van der Waals surface area contributed by atoms with Gasteiger partial charge in [-0.25, -0.2) is 4.98 Å². The van der Waals surface area contributed by atoms with Gasteiger partial charge in [-0.15, -0.1) is 0 Å². The first-order valence-corrected chi connectivity index (χ1v) is 4.79. The summed E-state index contributed by atoms with van der Waals surface area (Å²) in [4.78, 5) is 8.09. The Morgan fingerprint density at radius 2 is 2.12 bits per heavy atom. The number of nitrogen functional groups attached to an aromatic ring is 1. The minimum atomic E-state index is 0.192. The van der Waals surface area contributed by atoms with Crippen LogP contribution in [0.15, 0.2) is 12.3 Å². The number of rotatable bonds is 2. The number of aromatic nitrogens is 4. The van der Waals surface area contributed by atoms with Crippen LogP contribution in [-0.4, -0.2) is 26.9 Å². The van der Waals surface area contributed by atoms with Crippen molar-refractivity contribution in [2.24, 2.45) is 7.05 Å². The maximum absolute atomic E-state index is 5.60. The number of hydrogen-bond acceptors (Lipinski definition) is 5. The third-order valence-corrected chi connectivity index (χ3v) is 2.22. The zero-order valence-electron chi connectivity index (χ0n) is 9.43. The fourth-order valence-electron chi connectivity index (χ4n) is 1.54. The molecule has 0 atom stereocenters. The maximum atomic E-state index is 5.60. The smallest absolute Gasteiger partial charge is 0.223 e. The summed E-state index contributed by atoms with van der Waals surface area (Å²) in [6.07, 6.45) is 1.89. The second kappa shape index (κ2) is 3.80. The normalized spacial score (nSPS) is 10.4. The monoisotopic (exact) mass is 219 g/mol. The molecule has 16 heavy (non-hydrogen) atoms. The molecule has 0 aliphatic rings. The number of methoxy groups -OCH3 is 1. The van der Waals surface area contributed by atoms with Crippen LogP contribution in [0.5, 0.6) is 5.88 Å². The molecule has 0 aliphatic carbocycles. The summed E-state index contributed by atoms with van der Waals surface area (Å²) in [6.45, 7) is 1.92. The highest BCUT2D eigenvalue weighted by Gasteiger charge is 2.10. The average molecular weight is 219 g/mol. The second-order valence-electron chi connectivity index (χ2n) is 3.46. The molecule has 0 aromatic carbocycles. The molecule has 2 rings (SSSR count). The van der Waals surface area contributed by atoms with Crippen LogP contribution in [0.1, 0.15) is 5.69 Å². The molecule has 0 radical (unpaired) electrons. The van der Waals surface area contributed by atoms with Gasteiger partial charge >= 0.3 is 0 Å². The molecule has 0 amide bonds. The van der Waals surface area contributed by atoms with E-state index in [1.807, 2.05) is 20.2 Å². The van der Waals surface area contributed by atoms with Crippen LogP contribution in [0.2, 0.25) is 0 Å². The van der Waals surface area contributed by atoms with Gasteiger partial charge in [0.05, 0.1) is 18.5 Å². The van der Waals surface area contributed by atoms with Crippen molar-refractivity contribution in [2.75, 3.05) is 12.8 Å². The first-order chi connectivity index (χ1) is 7.60. The van der Waals surface area contributed by atoms with Crippen LogP contribution >= 0.6 is 0 Å². The van der Waals surface area contributed by atoms with E-state index in [1.165, 1.54) is 0 Å². The zero-order chi connectivity index (χ0) is 11.7. The maximum Gasteiger partial charge on any atom is 0.223 e. The Balaban J connectivity index is 2.55. The van der Waals surface area contributed by atoms with Crippen molar-refractivity contribution >= 4 is 5.95 Å². The van der Waals surface area contributed by atoms with Crippen molar-refractivity contribution in [3.8, 4) is 17.1 Å². The summed E-state index contributed by atoms with van der Waals surface area (Å²) in [5.74, 6) is 0.642. The molecule has 6 nitrogen and oxygen atoms in total. The highest BCUT2D eigenvalue weighted by atomic mass is 16.5. The number of nitrogens with two attached hydrogens (primary N) is 1. The summed E-state index contributed by atoms with van der Waals surface area (Å²) < 4.78 is 6.78. The Morgan fingerprint density at radius 3 is 2.69 bits per heavy atom. The summed E-state index contributed by atoms with van der Waals surface area (Å²) in [5, 5.41) is 4.25. The zero-order valence-corrected chi connectivity index (χ0v) is 9.43. The van der Waals surface area contributed by atoms with Gasteiger partial charge in [0.1, 0.15) is 0 Å². The van der Waals surface area contributed by atoms with E-state index in [0.717, 1.165) is 17.0 Å². The number of anilines is 1. The Kier molecular flexibility index (Phi) is 2.47. The molecular weight excluding hydrogens is 206 g/mol. The van der Waals surface area contributed by atoms with E-state index in [2.05, 4.69) is 15.1 Å². The summed E-state index contributed by atoms with van der Waals surface area (Å²) >= 11 is 0. The van der Waals surface area contributed by atoms with Crippen LogP contribution < -0.4 is 10.5 Å². The largest absolute Gasteiger partial charge is 0.481 e. The van der Waals surface area contributed by atoms with Gasteiger partial charge in [-0.05, 0) is 6.92 Å². The molecule has 2 aromatic heterocycles. The van der Waals surface area contributed by atoms with E-state index >= 15 is 0 Å². The Labute approximate surface area is 93.1 Å². The van der Waals surface area contributed by atoms with Crippen molar-refractivity contribution in [1.82, 2.24) is 19.7 Å². The lowest BCUT2D eigenvalue weighted by Gasteiger charge is -2.03. The number of nitrogens with zero attached hydrogens (tertiary/aromatic N) is 4. The summed E-state index contributed by atoms with van der Waals surface area (Å²) in [6, 6.07) is 1.74. The Morgan fingerprint density at radius 1 is 1.38 bits per heavy atom. The lowest BCUT2D eigenvalue weighted by Crippen LogP contribution is -1.99. The molecule has 2 aromatic rings. The predicted octanol–water partition coefficient (Wildman–Crippen LogP) is 0.776. The topological polar surface area (TPSA) is 78.8 Å². The molecule has 2 N–H and O–H groups in total. The SMILES string of the molecule is COc1cc(-c2cn(C)nc2C)nc(N)n1. The molecule has 0 bridgehead atoms. The standard InChI is InChI=1S/C10H13N5O/c1-6-7(5-15(2)14-6)8-4-9(16-3)13-10(11)12-8/h4-5H,1-3H3,(H2,11,12,13). The van der Waals surface area contributed by atoms with E-state index in [1.54, 1.807) is 17.9 Å². The van der Waals surface area contributed by atoms with Gasteiger partial charge in [0.2, 0.25) is 11.8 Å². The van der Waals surface area contributed by atoms with Gasteiger partial charge in [0.15, 0.2) is 0 Å². The van der Waals surface area contributed by atoms with Crippen LogP contribution in [0.4, 0.5) is 5.95 Å².